The van der Waals surface area contributed by atoms with Crippen LogP contribution in [0.15, 0.2) is 54.9 Å². The van der Waals surface area contributed by atoms with Crippen LogP contribution in [0.4, 0.5) is 10.1 Å². The molecular weight excluding hydrogens is 421 g/mol. The molecule has 0 aliphatic carbocycles. The minimum atomic E-state index is -0.679. The molecule has 0 spiro atoms. The minimum Gasteiger partial charge on any atom is -0.497 e. The fraction of sp³-hybridized carbons (Fsp3) is 0.136. The smallest absolute Gasteiger partial charge is 0.274 e. The number of aromatic nitrogens is 3. The molecule has 3 heterocycles. The number of carbonyl (C=O) groups excluding carboxylic acids is 1. The first-order valence-corrected chi connectivity index (χ1v) is 9.86. The van der Waals surface area contributed by atoms with Crippen LogP contribution in [0.25, 0.3) is 5.65 Å². The van der Waals surface area contributed by atoms with Gasteiger partial charge in [0.1, 0.15) is 23.6 Å². The van der Waals surface area contributed by atoms with Crippen LogP contribution in [0.5, 0.6) is 5.75 Å². The van der Waals surface area contributed by atoms with Gasteiger partial charge in [0.15, 0.2) is 5.65 Å². The van der Waals surface area contributed by atoms with Crippen molar-refractivity contribution in [3.05, 3.63) is 88.1 Å². The van der Waals surface area contributed by atoms with E-state index in [1.165, 1.54) is 29.0 Å². The fourth-order valence-electron chi connectivity index (χ4n) is 4.03. The first kappa shape index (κ1) is 19.3. The maximum Gasteiger partial charge on any atom is 0.274 e. The Balaban J connectivity index is 1.70. The number of ether oxygens (including phenoxy) is 1. The minimum absolute atomic E-state index is 0.255. The fourth-order valence-corrected chi connectivity index (χ4v) is 4.25. The highest BCUT2D eigenvalue weighted by Gasteiger charge is 2.42. The molecule has 0 saturated heterocycles. The summed E-state index contributed by atoms with van der Waals surface area (Å²) in [5.41, 5.74) is 9.33. The lowest BCUT2D eigenvalue weighted by molar-refractivity contribution is 0.0730. The van der Waals surface area contributed by atoms with Crippen LogP contribution < -0.4 is 10.5 Å². The molecule has 4 aromatic rings. The van der Waals surface area contributed by atoms with Crippen molar-refractivity contribution in [3.8, 4) is 5.75 Å². The van der Waals surface area contributed by atoms with Gasteiger partial charge < -0.3 is 15.4 Å². The van der Waals surface area contributed by atoms with Crippen molar-refractivity contribution in [1.29, 1.82) is 0 Å². The second-order valence-electron chi connectivity index (χ2n) is 7.24. The van der Waals surface area contributed by atoms with Gasteiger partial charge in [-0.25, -0.2) is 13.9 Å². The largest absolute Gasteiger partial charge is 0.497 e. The predicted molar refractivity (Wildman–Crippen MR) is 114 cm³/mol. The van der Waals surface area contributed by atoms with E-state index >= 15 is 0 Å². The van der Waals surface area contributed by atoms with Gasteiger partial charge in [-0.15, -0.1) is 0 Å². The van der Waals surface area contributed by atoms with E-state index in [1.807, 2.05) is 24.3 Å². The molecule has 0 saturated carbocycles. The van der Waals surface area contributed by atoms with Gasteiger partial charge in [0.25, 0.3) is 5.91 Å². The van der Waals surface area contributed by atoms with Crippen LogP contribution in [0.2, 0.25) is 5.02 Å². The maximum atomic E-state index is 14.2. The van der Waals surface area contributed by atoms with Crippen molar-refractivity contribution in [3.63, 3.8) is 0 Å². The van der Waals surface area contributed by atoms with Gasteiger partial charge in [-0.2, -0.15) is 5.10 Å². The normalized spacial score (nSPS) is 15.5. The molecule has 1 amide bonds. The number of amides is 1. The number of hydrogen-bond donors (Lipinski definition) is 1. The zero-order chi connectivity index (χ0) is 21.7. The van der Waals surface area contributed by atoms with Gasteiger partial charge >= 0.3 is 0 Å². The third-order valence-electron chi connectivity index (χ3n) is 5.45. The third kappa shape index (κ3) is 3.07. The zero-order valence-electron chi connectivity index (χ0n) is 16.4. The van der Waals surface area contributed by atoms with Crippen molar-refractivity contribution in [2.45, 2.75) is 12.6 Å². The monoisotopic (exact) mass is 437 g/mol. The molecule has 1 unspecified atom stereocenters. The number of halogens is 2. The van der Waals surface area contributed by atoms with E-state index in [0.29, 0.717) is 38.9 Å². The van der Waals surface area contributed by atoms with E-state index < -0.39 is 11.9 Å². The van der Waals surface area contributed by atoms with Crippen LogP contribution in [-0.2, 0) is 6.54 Å². The molecule has 156 valence electrons. The quantitative estimate of drug-likeness (QED) is 0.524. The molecule has 2 aromatic carbocycles. The SMILES string of the molecule is COc1ccc(CN2C(=O)c3c(c(N)cc4ncnn34)C2c2cc(F)ccc2Cl)cc1. The van der Waals surface area contributed by atoms with Gasteiger partial charge in [0.2, 0.25) is 0 Å². The molecule has 1 aliphatic rings. The highest BCUT2D eigenvalue weighted by Crippen LogP contribution is 2.44. The molecule has 0 radical (unpaired) electrons. The van der Waals surface area contributed by atoms with E-state index in [9.17, 15) is 9.18 Å². The summed E-state index contributed by atoms with van der Waals surface area (Å²) in [5, 5.41) is 4.53. The summed E-state index contributed by atoms with van der Waals surface area (Å²) in [5.74, 6) is -0.0397. The van der Waals surface area contributed by atoms with Crippen molar-refractivity contribution in [2.24, 2.45) is 0 Å². The number of benzene rings is 2. The Kier molecular flexibility index (Phi) is 4.51. The number of methoxy groups -OCH3 is 1. The Hall–Kier alpha value is -3.65. The lowest BCUT2D eigenvalue weighted by Gasteiger charge is -2.27. The number of fused-ring (bicyclic) bond motifs is 3. The average molecular weight is 438 g/mol. The van der Waals surface area contributed by atoms with E-state index in [-0.39, 0.29) is 12.5 Å². The molecule has 5 rings (SSSR count). The molecule has 0 bridgehead atoms. The lowest BCUT2D eigenvalue weighted by Crippen LogP contribution is -2.29. The van der Waals surface area contributed by atoms with Gasteiger partial charge in [0.05, 0.1) is 13.2 Å². The summed E-state index contributed by atoms with van der Waals surface area (Å²) >= 11 is 6.45. The number of rotatable bonds is 4. The second kappa shape index (κ2) is 7.24. The first-order chi connectivity index (χ1) is 15.0. The van der Waals surface area contributed by atoms with Crippen LogP contribution in [0, 0.1) is 5.82 Å². The number of nitrogens with two attached hydrogens (primary N) is 1. The van der Waals surface area contributed by atoms with Gasteiger partial charge in [-0.1, -0.05) is 23.7 Å². The van der Waals surface area contributed by atoms with Crippen molar-refractivity contribution in [2.75, 3.05) is 12.8 Å². The lowest BCUT2D eigenvalue weighted by atomic mass is 9.97. The van der Waals surface area contributed by atoms with Crippen LogP contribution in [0.3, 0.4) is 0 Å². The summed E-state index contributed by atoms with van der Waals surface area (Å²) in [6, 6.07) is 12.4. The Morgan fingerprint density at radius 2 is 1.97 bits per heavy atom. The standard InChI is InChI=1S/C22H17ClFN5O2/c1-31-14-5-2-12(3-6-14)10-28-20(15-8-13(24)4-7-16(15)23)19-17(25)9-18-26-11-27-29(18)21(19)22(28)30/h2-9,11,20H,10,25H2,1H3. The molecule has 31 heavy (non-hydrogen) atoms. The maximum absolute atomic E-state index is 14.2. The summed E-state index contributed by atoms with van der Waals surface area (Å²) < 4.78 is 20.9. The molecular formula is C22H17ClFN5O2. The molecule has 2 N–H and O–H groups in total. The van der Waals surface area contributed by atoms with E-state index in [0.717, 1.165) is 5.56 Å². The molecule has 0 fully saturated rings. The molecule has 9 heteroatoms. The number of carbonyl (C=O) groups is 1. The Labute approximate surface area is 181 Å². The number of nitrogens with zero attached hydrogens (tertiary/aromatic N) is 4. The molecule has 2 aromatic heterocycles. The Morgan fingerprint density at radius 1 is 1.19 bits per heavy atom. The molecule has 1 aliphatic heterocycles. The van der Waals surface area contributed by atoms with Crippen molar-refractivity contribution >= 4 is 28.8 Å². The van der Waals surface area contributed by atoms with E-state index in [2.05, 4.69) is 10.1 Å². The molecule has 1 atom stereocenters. The second-order valence-corrected chi connectivity index (χ2v) is 7.65. The van der Waals surface area contributed by atoms with Gasteiger partial charge in [0, 0.05) is 34.4 Å². The Bertz CT molecular complexity index is 1320. The van der Waals surface area contributed by atoms with Crippen LogP contribution in [-0.4, -0.2) is 32.5 Å². The zero-order valence-corrected chi connectivity index (χ0v) is 17.2. The number of pyridine rings is 1. The van der Waals surface area contributed by atoms with E-state index in [1.54, 1.807) is 18.1 Å². The average Bonchev–Trinajstić information content (AvgIpc) is 3.33. The highest BCUT2D eigenvalue weighted by molar-refractivity contribution is 6.31. The summed E-state index contributed by atoms with van der Waals surface area (Å²) in [6.45, 7) is 0.255. The number of nitrogen functional groups attached to an aromatic ring is 1. The Morgan fingerprint density at radius 3 is 2.71 bits per heavy atom. The predicted octanol–water partition coefficient (Wildman–Crippen LogP) is 3.86. The van der Waals surface area contributed by atoms with Gasteiger partial charge in [-0.3, -0.25) is 4.79 Å². The van der Waals surface area contributed by atoms with Crippen LogP contribution in [0.1, 0.15) is 33.2 Å². The van der Waals surface area contributed by atoms with Gasteiger partial charge in [-0.05, 0) is 35.9 Å². The van der Waals surface area contributed by atoms with Crippen LogP contribution >= 0.6 is 11.6 Å². The van der Waals surface area contributed by atoms with E-state index in [4.69, 9.17) is 22.1 Å². The topological polar surface area (TPSA) is 85.8 Å². The number of hydrogen-bond acceptors (Lipinski definition) is 5. The van der Waals surface area contributed by atoms with Crippen molar-refractivity contribution in [1.82, 2.24) is 19.5 Å². The first-order valence-electron chi connectivity index (χ1n) is 9.49. The number of anilines is 1. The van der Waals surface area contributed by atoms with Crippen molar-refractivity contribution < 1.29 is 13.9 Å². The summed E-state index contributed by atoms with van der Waals surface area (Å²) in [4.78, 5) is 19.4. The summed E-state index contributed by atoms with van der Waals surface area (Å²) in [7, 11) is 1.59. The highest BCUT2D eigenvalue weighted by atomic mass is 35.5. The third-order valence-corrected chi connectivity index (χ3v) is 5.79. The summed E-state index contributed by atoms with van der Waals surface area (Å²) in [6.07, 6.45) is 1.36. The molecule has 7 nitrogen and oxygen atoms in total.